The van der Waals surface area contributed by atoms with E-state index in [1.165, 1.54) is 4.90 Å². The maximum absolute atomic E-state index is 14.4. The van der Waals surface area contributed by atoms with Crippen LogP contribution >= 0.6 is 15.9 Å². The first kappa shape index (κ1) is 33.7. The van der Waals surface area contributed by atoms with E-state index < -0.39 is 34.3 Å². The second-order valence-electron chi connectivity index (χ2n) is 10.1. The van der Waals surface area contributed by atoms with Gasteiger partial charge in [0.25, 0.3) is 10.0 Å². The van der Waals surface area contributed by atoms with Gasteiger partial charge in [-0.15, -0.1) is 0 Å². The van der Waals surface area contributed by atoms with Crippen molar-refractivity contribution in [3.8, 4) is 5.75 Å². The third-order valence-electron chi connectivity index (χ3n) is 6.98. The van der Waals surface area contributed by atoms with E-state index in [4.69, 9.17) is 4.74 Å². The molecule has 0 saturated carbocycles. The van der Waals surface area contributed by atoms with Gasteiger partial charge in [0.2, 0.25) is 11.8 Å². The summed E-state index contributed by atoms with van der Waals surface area (Å²) in [6.07, 6.45) is 0.209. The predicted octanol–water partition coefficient (Wildman–Crippen LogP) is 5.96. The third kappa shape index (κ3) is 8.92. The van der Waals surface area contributed by atoms with E-state index >= 15 is 0 Å². The van der Waals surface area contributed by atoms with E-state index in [1.54, 1.807) is 31.2 Å². The zero-order valence-electron chi connectivity index (χ0n) is 25.0. The fraction of sp³-hybridized carbons (Fsp3) is 0.235. The number of anilines is 1. The predicted molar refractivity (Wildman–Crippen MR) is 176 cm³/mol. The van der Waals surface area contributed by atoms with Gasteiger partial charge < -0.3 is 15.0 Å². The number of ether oxygens (including phenoxy) is 1. The van der Waals surface area contributed by atoms with Crippen molar-refractivity contribution in [3.63, 3.8) is 0 Å². The average molecular weight is 697 g/mol. The van der Waals surface area contributed by atoms with Crippen LogP contribution in [0.25, 0.3) is 0 Å². The molecule has 0 saturated heterocycles. The Balaban J connectivity index is 1.79. The minimum absolute atomic E-state index is 0.0423. The third-order valence-corrected chi connectivity index (χ3v) is 9.26. The number of rotatable bonds is 14. The Kier molecular flexibility index (Phi) is 11.7. The molecule has 0 fully saturated rings. The van der Waals surface area contributed by atoms with E-state index in [1.807, 2.05) is 61.5 Å². The number of halogens is 2. The van der Waals surface area contributed by atoms with Crippen LogP contribution in [0.15, 0.2) is 112 Å². The van der Waals surface area contributed by atoms with Crippen molar-refractivity contribution >= 4 is 43.5 Å². The van der Waals surface area contributed by atoms with Gasteiger partial charge in [0.15, 0.2) is 0 Å². The number of likely N-dealkylation sites (N-methyl/N-ethyl adjacent to an activating group) is 1. The van der Waals surface area contributed by atoms with Crippen LogP contribution in [0.5, 0.6) is 5.75 Å². The number of nitrogens with zero attached hydrogens (tertiary/aromatic N) is 2. The van der Waals surface area contributed by atoms with Crippen molar-refractivity contribution in [2.45, 2.75) is 37.8 Å². The van der Waals surface area contributed by atoms with Crippen LogP contribution in [0.4, 0.5) is 10.1 Å². The van der Waals surface area contributed by atoms with Crippen LogP contribution in [0.2, 0.25) is 0 Å². The van der Waals surface area contributed by atoms with Gasteiger partial charge in [0, 0.05) is 24.0 Å². The standard InChI is InChI=1S/C34H35BrFN3O5S/c1-3-37-34(41)32(22-25-9-6-5-7-10-25)38(23-26-11-8-12-27(35)21-26)33(40)24-39(29-15-17-30(18-16-29)44-4-2)45(42,43)31-19-13-28(36)14-20-31/h5-21,32H,3-4,22-24H2,1-2H3,(H,37,41)/t32-/m1/s1. The number of nitrogens with one attached hydrogen (secondary N) is 1. The molecule has 0 aliphatic rings. The SMILES string of the molecule is CCNC(=O)[C@@H](Cc1ccccc1)N(Cc1cccc(Br)c1)C(=O)CN(c1ccc(OCC)cc1)S(=O)(=O)c1ccc(F)cc1. The molecular weight excluding hydrogens is 661 g/mol. The summed E-state index contributed by atoms with van der Waals surface area (Å²) in [7, 11) is -4.35. The Hall–Kier alpha value is -4.22. The molecule has 45 heavy (non-hydrogen) atoms. The molecule has 4 aromatic carbocycles. The fourth-order valence-electron chi connectivity index (χ4n) is 4.82. The van der Waals surface area contributed by atoms with E-state index in [9.17, 15) is 22.4 Å². The van der Waals surface area contributed by atoms with Crippen molar-refractivity contribution < 1.29 is 27.1 Å². The van der Waals surface area contributed by atoms with Crippen LogP contribution < -0.4 is 14.4 Å². The van der Waals surface area contributed by atoms with Crippen LogP contribution in [0, 0.1) is 5.82 Å². The molecule has 11 heteroatoms. The molecule has 0 heterocycles. The molecule has 2 amide bonds. The summed E-state index contributed by atoms with van der Waals surface area (Å²) in [4.78, 5) is 29.2. The molecule has 0 spiro atoms. The minimum Gasteiger partial charge on any atom is -0.494 e. The molecule has 4 rings (SSSR count). The fourth-order valence-corrected chi connectivity index (χ4v) is 6.68. The number of amides is 2. The van der Waals surface area contributed by atoms with Gasteiger partial charge >= 0.3 is 0 Å². The van der Waals surface area contributed by atoms with Crippen LogP contribution in [-0.4, -0.2) is 50.9 Å². The average Bonchev–Trinajstić information content (AvgIpc) is 3.03. The molecule has 1 atom stereocenters. The van der Waals surface area contributed by atoms with Gasteiger partial charge in [0.1, 0.15) is 24.2 Å². The zero-order valence-corrected chi connectivity index (χ0v) is 27.4. The summed E-state index contributed by atoms with van der Waals surface area (Å²) in [5, 5.41) is 2.84. The normalized spacial score (nSPS) is 11.8. The highest BCUT2D eigenvalue weighted by Crippen LogP contribution is 2.27. The Morgan fingerprint density at radius 3 is 2.18 bits per heavy atom. The van der Waals surface area contributed by atoms with Crippen molar-refractivity contribution in [3.05, 3.63) is 125 Å². The lowest BCUT2D eigenvalue weighted by Gasteiger charge is -2.34. The quantitative estimate of drug-likeness (QED) is 0.176. The summed E-state index contributed by atoms with van der Waals surface area (Å²) >= 11 is 3.47. The minimum atomic E-state index is -4.35. The molecular formula is C34H35BrFN3O5S. The van der Waals surface area contributed by atoms with Crippen LogP contribution in [-0.2, 0) is 32.6 Å². The number of carbonyl (C=O) groups excluding carboxylic acids is 2. The molecule has 0 bridgehead atoms. The van der Waals surface area contributed by atoms with Crippen LogP contribution in [0.1, 0.15) is 25.0 Å². The topological polar surface area (TPSA) is 96.0 Å². The van der Waals surface area contributed by atoms with Crippen molar-refractivity contribution in [2.24, 2.45) is 0 Å². The van der Waals surface area contributed by atoms with E-state index in [0.717, 1.165) is 44.2 Å². The second kappa shape index (κ2) is 15.7. The first-order valence-corrected chi connectivity index (χ1v) is 16.7. The van der Waals surface area contributed by atoms with Crippen molar-refractivity contribution in [1.82, 2.24) is 10.2 Å². The molecule has 0 radical (unpaired) electrons. The highest BCUT2D eigenvalue weighted by molar-refractivity contribution is 9.10. The highest BCUT2D eigenvalue weighted by atomic mass is 79.9. The Labute approximate surface area is 272 Å². The van der Waals surface area contributed by atoms with Gasteiger partial charge in [-0.2, -0.15) is 0 Å². The van der Waals surface area contributed by atoms with Gasteiger partial charge in [-0.3, -0.25) is 13.9 Å². The molecule has 1 N–H and O–H groups in total. The van der Waals surface area contributed by atoms with Crippen molar-refractivity contribution in [2.75, 3.05) is 24.0 Å². The summed E-state index contributed by atoms with van der Waals surface area (Å²) in [5.41, 5.74) is 1.79. The summed E-state index contributed by atoms with van der Waals surface area (Å²) < 4.78 is 49.1. The molecule has 4 aromatic rings. The highest BCUT2D eigenvalue weighted by Gasteiger charge is 2.34. The maximum atomic E-state index is 14.4. The molecule has 0 unspecified atom stereocenters. The zero-order chi connectivity index (χ0) is 32.4. The van der Waals surface area contributed by atoms with E-state index in [0.29, 0.717) is 18.9 Å². The molecule has 0 aliphatic carbocycles. The Morgan fingerprint density at radius 1 is 0.889 bits per heavy atom. The molecule has 8 nitrogen and oxygen atoms in total. The first-order chi connectivity index (χ1) is 21.6. The summed E-state index contributed by atoms with van der Waals surface area (Å²) in [6.45, 7) is 3.81. The van der Waals surface area contributed by atoms with Crippen molar-refractivity contribution in [1.29, 1.82) is 0 Å². The molecule has 236 valence electrons. The van der Waals surface area contributed by atoms with Crippen LogP contribution in [0.3, 0.4) is 0 Å². The maximum Gasteiger partial charge on any atom is 0.264 e. The number of carbonyl (C=O) groups is 2. The Bertz CT molecular complexity index is 1690. The Morgan fingerprint density at radius 2 is 1.56 bits per heavy atom. The monoisotopic (exact) mass is 695 g/mol. The van der Waals surface area contributed by atoms with Gasteiger partial charge in [-0.05, 0) is 85.6 Å². The molecule has 0 aromatic heterocycles. The lowest BCUT2D eigenvalue weighted by atomic mass is 10.0. The number of benzene rings is 4. The lowest BCUT2D eigenvalue weighted by molar-refractivity contribution is -0.140. The number of hydrogen-bond acceptors (Lipinski definition) is 5. The smallest absolute Gasteiger partial charge is 0.264 e. The molecule has 0 aliphatic heterocycles. The van der Waals surface area contributed by atoms with E-state index in [-0.39, 0.29) is 29.5 Å². The van der Waals surface area contributed by atoms with Gasteiger partial charge in [-0.25, -0.2) is 12.8 Å². The first-order valence-electron chi connectivity index (χ1n) is 14.5. The van der Waals surface area contributed by atoms with E-state index in [2.05, 4.69) is 21.2 Å². The summed E-state index contributed by atoms with van der Waals surface area (Å²) in [5.74, 6) is -1.02. The second-order valence-corrected chi connectivity index (χ2v) is 12.9. The van der Waals surface area contributed by atoms with Gasteiger partial charge in [-0.1, -0.05) is 58.4 Å². The largest absolute Gasteiger partial charge is 0.494 e. The number of hydrogen-bond donors (Lipinski definition) is 1. The number of sulfonamides is 1. The lowest BCUT2D eigenvalue weighted by Crippen LogP contribution is -2.53. The summed E-state index contributed by atoms with van der Waals surface area (Å²) in [6, 6.07) is 26.5. The van der Waals surface area contributed by atoms with Gasteiger partial charge in [0.05, 0.1) is 17.2 Å².